The van der Waals surface area contributed by atoms with Crippen LogP contribution in [0.3, 0.4) is 0 Å². The molecular formula is C23H32FN5O. The molecule has 1 fully saturated rings. The number of hydrogen-bond acceptors (Lipinski definition) is 4. The summed E-state index contributed by atoms with van der Waals surface area (Å²) in [7, 11) is 0. The van der Waals surface area contributed by atoms with Gasteiger partial charge in [0.25, 0.3) is 5.91 Å². The maximum absolute atomic E-state index is 13.1. The van der Waals surface area contributed by atoms with Gasteiger partial charge in [0.15, 0.2) is 0 Å². The average Bonchev–Trinajstić information content (AvgIpc) is 3.14. The van der Waals surface area contributed by atoms with Crippen LogP contribution in [0.25, 0.3) is 0 Å². The van der Waals surface area contributed by atoms with Crippen molar-refractivity contribution in [3.63, 3.8) is 0 Å². The number of aryl methyl sites for hydroxylation is 1. The molecular weight excluding hydrogens is 381 g/mol. The van der Waals surface area contributed by atoms with Crippen molar-refractivity contribution in [3.05, 3.63) is 47.3 Å². The maximum Gasteiger partial charge on any atom is 0.289 e. The number of hydrogen-bond donors (Lipinski definition) is 1. The molecule has 30 heavy (non-hydrogen) atoms. The van der Waals surface area contributed by atoms with E-state index in [2.05, 4.69) is 38.8 Å². The van der Waals surface area contributed by atoms with Gasteiger partial charge in [-0.2, -0.15) is 0 Å². The molecule has 1 amide bonds. The monoisotopic (exact) mass is 413 g/mol. The molecule has 1 aromatic heterocycles. The summed E-state index contributed by atoms with van der Waals surface area (Å²) in [5.74, 6) is 1.65. The van der Waals surface area contributed by atoms with Crippen molar-refractivity contribution in [2.24, 2.45) is 11.3 Å². The van der Waals surface area contributed by atoms with Crippen LogP contribution in [0.2, 0.25) is 0 Å². The molecule has 1 N–H and O–H groups in total. The molecule has 0 radical (unpaired) electrons. The van der Waals surface area contributed by atoms with Crippen molar-refractivity contribution in [1.82, 2.24) is 25.0 Å². The van der Waals surface area contributed by atoms with Gasteiger partial charge >= 0.3 is 0 Å². The van der Waals surface area contributed by atoms with Crippen LogP contribution in [0, 0.1) is 17.2 Å². The molecule has 0 aliphatic carbocycles. The van der Waals surface area contributed by atoms with Gasteiger partial charge in [-0.1, -0.05) is 26.0 Å². The molecule has 0 saturated carbocycles. The average molecular weight is 414 g/mol. The Bertz CT molecular complexity index is 868. The van der Waals surface area contributed by atoms with Crippen molar-refractivity contribution < 1.29 is 9.18 Å². The van der Waals surface area contributed by atoms with E-state index in [1.165, 1.54) is 12.1 Å². The fraction of sp³-hybridized carbons (Fsp3) is 0.609. The Hall–Kier alpha value is -2.28. The maximum atomic E-state index is 13.1. The summed E-state index contributed by atoms with van der Waals surface area (Å²) in [6.07, 6.45) is 5.13. The van der Waals surface area contributed by atoms with E-state index in [1.807, 2.05) is 12.1 Å². The number of carbonyl (C=O) groups excluding carboxylic acids is 1. The Morgan fingerprint density at radius 2 is 1.90 bits per heavy atom. The van der Waals surface area contributed by atoms with Crippen LogP contribution in [0.4, 0.5) is 4.39 Å². The fourth-order valence-electron chi connectivity index (χ4n) is 4.64. The van der Waals surface area contributed by atoms with E-state index in [0.29, 0.717) is 18.3 Å². The first-order chi connectivity index (χ1) is 14.4. The number of likely N-dealkylation sites (tertiary alicyclic amines) is 1. The van der Waals surface area contributed by atoms with Crippen LogP contribution < -0.4 is 5.32 Å². The summed E-state index contributed by atoms with van der Waals surface area (Å²) in [5.41, 5.74) is 1.36. The number of nitrogens with zero attached hydrogens (tertiary/aromatic N) is 4. The largest absolute Gasteiger partial charge is 0.349 e. The van der Waals surface area contributed by atoms with Crippen molar-refractivity contribution in [2.75, 3.05) is 19.6 Å². The third-order valence-corrected chi connectivity index (χ3v) is 6.65. The highest BCUT2D eigenvalue weighted by atomic mass is 19.1. The van der Waals surface area contributed by atoms with Crippen molar-refractivity contribution >= 4 is 5.91 Å². The Labute approximate surface area is 177 Å². The first-order valence-corrected chi connectivity index (χ1v) is 11.1. The quantitative estimate of drug-likeness (QED) is 0.788. The molecule has 2 aromatic rings. The number of piperidine rings is 1. The Balaban J connectivity index is 1.36. The Morgan fingerprint density at radius 1 is 1.17 bits per heavy atom. The molecule has 2 aliphatic heterocycles. The van der Waals surface area contributed by atoms with Crippen LogP contribution in [-0.2, 0) is 19.5 Å². The van der Waals surface area contributed by atoms with Gasteiger partial charge in [0.1, 0.15) is 11.6 Å². The highest BCUT2D eigenvalue weighted by Crippen LogP contribution is 2.41. The molecule has 0 unspecified atom stereocenters. The minimum atomic E-state index is -0.188. The van der Waals surface area contributed by atoms with Gasteiger partial charge in [0.2, 0.25) is 5.82 Å². The van der Waals surface area contributed by atoms with E-state index in [0.717, 1.165) is 69.7 Å². The van der Waals surface area contributed by atoms with E-state index >= 15 is 0 Å². The summed E-state index contributed by atoms with van der Waals surface area (Å²) in [6, 6.07) is 6.80. The summed E-state index contributed by atoms with van der Waals surface area (Å²) < 4.78 is 15.2. The first-order valence-electron chi connectivity index (χ1n) is 11.1. The fourth-order valence-corrected chi connectivity index (χ4v) is 4.64. The lowest BCUT2D eigenvalue weighted by atomic mass is 9.73. The van der Waals surface area contributed by atoms with Crippen LogP contribution >= 0.6 is 0 Å². The molecule has 0 atom stereocenters. The summed E-state index contributed by atoms with van der Waals surface area (Å²) >= 11 is 0. The number of rotatable bonds is 6. The van der Waals surface area contributed by atoms with Crippen molar-refractivity contribution in [2.45, 2.75) is 59.0 Å². The van der Waals surface area contributed by atoms with Crippen LogP contribution in [0.1, 0.15) is 61.5 Å². The summed E-state index contributed by atoms with van der Waals surface area (Å²) in [6.45, 7) is 8.69. The van der Waals surface area contributed by atoms with Crippen LogP contribution in [0.15, 0.2) is 24.3 Å². The molecule has 3 heterocycles. The number of nitrogens with one attached hydrogen (secondary N) is 1. The molecule has 162 valence electrons. The molecule has 4 rings (SSSR count). The minimum Gasteiger partial charge on any atom is -0.349 e. The van der Waals surface area contributed by atoms with Gasteiger partial charge in [-0.25, -0.2) is 4.39 Å². The summed E-state index contributed by atoms with van der Waals surface area (Å²) in [4.78, 5) is 15.1. The van der Waals surface area contributed by atoms with E-state index in [4.69, 9.17) is 0 Å². The topological polar surface area (TPSA) is 63.1 Å². The van der Waals surface area contributed by atoms with Crippen molar-refractivity contribution in [1.29, 1.82) is 0 Å². The molecule has 1 saturated heterocycles. The first kappa shape index (κ1) is 21.0. The predicted octanol–water partition coefficient (Wildman–Crippen LogP) is 3.42. The lowest BCUT2D eigenvalue weighted by Crippen LogP contribution is -2.44. The van der Waals surface area contributed by atoms with E-state index < -0.39 is 0 Å². The number of benzene rings is 1. The van der Waals surface area contributed by atoms with Gasteiger partial charge in [-0.05, 0) is 67.8 Å². The van der Waals surface area contributed by atoms with E-state index in [1.54, 1.807) is 0 Å². The van der Waals surface area contributed by atoms with Gasteiger partial charge in [0.05, 0.1) is 0 Å². The number of fused-ring (bicyclic) bond motifs is 1. The molecule has 7 heteroatoms. The lowest BCUT2D eigenvalue weighted by Gasteiger charge is -2.44. The predicted molar refractivity (Wildman–Crippen MR) is 113 cm³/mol. The highest BCUT2D eigenvalue weighted by Gasteiger charge is 2.39. The molecule has 1 aromatic carbocycles. The third kappa shape index (κ3) is 4.72. The number of amides is 1. The van der Waals surface area contributed by atoms with Crippen LogP contribution in [-0.4, -0.2) is 45.2 Å². The van der Waals surface area contributed by atoms with Gasteiger partial charge in [0, 0.05) is 26.1 Å². The van der Waals surface area contributed by atoms with E-state index in [-0.39, 0.29) is 17.1 Å². The second-order valence-corrected chi connectivity index (χ2v) is 9.37. The zero-order valence-corrected chi connectivity index (χ0v) is 18.0. The number of aromatic nitrogens is 3. The Morgan fingerprint density at radius 3 is 2.60 bits per heavy atom. The SMILES string of the molecule is CC(C)CCNC(=O)c1nnc2n1CC1(CC2)CCN(Cc2ccc(F)cc2)CC1. The van der Waals surface area contributed by atoms with Gasteiger partial charge in [-0.15, -0.1) is 10.2 Å². The van der Waals surface area contributed by atoms with E-state index in [9.17, 15) is 9.18 Å². The highest BCUT2D eigenvalue weighted by molar-refractivity contribution is 5.90. The normalized spacial score (nSPS) is 18.5. The standard InChI is InChI=1S/C23H32FN5O/c1-17(2)8-12-25-22(30)21-27-26-20-7-9-23(16-29(20)21)10-13-28(14-11-23)15-18-3-5-19(24)6-4-18/h3-6,17H,7-16H2,1-2H3,(H,25,30). The van der Waals surface area contributed by atoms with Gasteiger partial charge in [-0.3, -0.25) is 9.69 Å². The Kier molecular flexibility index (Phi) is 6.18. The molecule has 0 bridgehead atoms. The second-order valence-electron chi connectivity index (χ2n) is 9.37. The van der Waals surface area contributed by atoms with Crippen molar-refractivity contribution in [3.8, 4) is 0 Å². The summed E-state index contributed by atoms with van der Waals surface area (Å²) in [5, 5.41) is 11.5. The zero-order chi connectivity index (χ0) is 21.1. The zero-order valence-electron chi connectivity index (χ0n) is 18.0. The lowest BCUT2D eigenvalue weighted by molar-refractivity contribution is 0.0618. The van der Waals surface area contributed by atoms with Crippen LogP contribution in [0.5, 0.6) is 0 Å². The molecule has 6 nitrogen and oxygen atoms in total. The third-order valence-electron chi connectivity index (χ3n) is 6.65. The number of carbonyl (C=O) groups is 1. The molecule has 2 aliphatic rings. The van der Waals surface area contributed by atoms with Gasteiger partial charge < -0.3 is 9.88 Å². The molecule has 1 spiro atoms. The second kappa shape index (κ2) is 8.84. The smallest absolute Gasteiger partial charge is 0.289 e. The minimum absolute atomic E-state index is 0.111. The number of halogens is 1.